The Labute approximate surface area is 192 Å². The van der Waals surface area contributed by atoms with Gasteiger partial charge in [0.2, 0.25) is 0 Å². The maximum absolute atomic E-state index is 3.36. The van der Waals surface area contributed by atoms with E-state index in [2.05, 4.69) is 64.0 Å². The summed E-state index contributed by atoms with van der Waals surface area (Å²) in [6.07, 6.45) is 14.4. The van der Waals surface area contributed by atoms with E-state index < -0.39 is 0 Å². The number of hydrogen-bond acceptors (Lipinski definition) is 0. The molecule has 0 spiro atoms. The van der Waals surface area contributed by atoms with Crippen LogP contribution in [0.4, 0.5) is 0 Å². The van der Waals surface area contributed by atoms with Gasteiger partial charge in [0.25, 0.3) is 0 Å². The van der Waals surface area contributed by atoms with Crippen LogP contribution in [0.25, 0.3) is 0 Å². The van der Waals surface area contributed by atoms with E-state index in [1.807, 2.05) is 0 Å². The summed E-state index contributed by atoms with van der Waals surface area (Å²) in [6, 6.07) is 10.00. The first-order chi connectivity index (χ1) is 13.1. The molecule has 28 heavy (non-hydrogen) atoms. The van der Waals surface area contributed by atoms with Crippen LogP contribution < -0.4 is 24.0 Å². The molecule has 1 aromatic carbocycles. The monoisotopic (exact) mass is 495 g/mol. The minimum absolute atomic E-state index is 0. The van der Waals surface area contributed by atoms with Gasteiger partial charge in [0, 0.05) is 24.8 Å². The molecule has 1 aromatic rings. The number of rotatable bonds is 9. The fraction of sp³-hybridized carbons (Fsp3) is 0.692. The van der Waals surface area contributed by atoms with E-state index in [4.69, 9.17) is 0 Å². The Bertz CT molecular complexity index is 585. The average Bonchev–Trinajstić information content (AvgIpc) is 2.68. The van der Waals surface area contributed by atoms with Crippen LogP contribution in [0.5, 0.6) is 0 Å². The van der Waals surface area contributed by atoms with Crippen LogP contribution in [0.1, 0.15) is 102 Å². The third kappa shape index (κ3) is 8.46. The molecule has 1 nitrogen and oxygen atoms in total. The van der Waals surface area contributed by atoms with Crippen LogP contribution in [0, 0.1) is 11.8 Å². The maximum atomic E-state index is 3.36. The lowest BCUT2D eigenvalue weighted by molar-refractivity contribution is -0.916. The Morgan fingerprint density at radius 3 is 2.11 bits per heavy atom. The maximum Gasteiger partial charge on any atom is 0.0886 e. The van der Waals surface area contributed by atoms with Gasteiger partial charge in [-0.15, -0.1) is 0 Å². The first-order valence-electron chi connectivity index (χ1n) is 11.5. The number of quaternary nitrogens is 1. The van der Waals surface area contributed by atoms with Gasteiger partial charge in [0.15, 0.2) is 0 Å². The Hall–Kier alpha value is -0.530. The molecular formula is C26H42IN. The van der Waals surface area contributed by atoms with E-state index in [1.165, 1.54) is 86.4 Å². The van der Waals surface area contributed by atoms with Crippen LogP contribution in [-0.4, -0.2) is 31.2 Å². The average molecular weight is 496 g/mol. The van der Waals surface area contributed by atoms with Gasteiger partial charge in [-0.2, -0.15) is 0 Å². The van der Waals surface area contributed by atoms with Gasteiger partial charge >= 0.3 is 0 Å². The first kappa shape index (κ1) is 25.5. The van der Waals surface area contributed by atoms with Gasteiger partial charge in [-0.05, 0) is 49.3 Å². The van der Waals surface area contributed by atoms with Crippen molar-refractivity contribution >= 4 is 0 Å². The Morgan fingerprint density at radius 1 is 0.857 bits per heavy atom. The normalized spacial score (nSPS) is 19.4. The van der Waals surface area contributed by atoms with Crippen LogP contribution in [-0.2, 0) is 0 Å². The number of benzene rings is 1. The fourth-order valence-electron chi connectivity index (χ4n) is 4.69. The highest BCUT2D eigenvalue weighted by Crippen LogP contribution is 2.36. The smallest absolute Gasteiger partial charge is 0.0886 e. The Balaban J connectivity index is 0.00000392. The van der Waals surface area contributed by atoms with Crippen molar-refractivity contribution in [2.45, 2.75) is 96.4 Å². The van der Waals surface area contributed by atoms with Crippen molar-refractivity contribution in [3.63, 3.8) is 0 Å². The molecule has 0 radical (unpaired) electrons. The number of nitrogens with zero attached hydrogens (tertiary/aromatic N) is 1. The third-order valence-electron chi connectivity index (χ3n) is 6.51. The molecule has 0 aromatic heterocycles. The van der Waals surface area contributed by atoms with Gasteiger partial charge in [-0.1, -0.05) is 63.5 Å². The van der Waals surface area contributed by atoms with Crippen molar-refractivity contribution in [1.82, 2.24) is 0 Å². The van der Waals surface area contributed by atoms with Gasteiger partial charge in [0.05, 0.1) is 26.7 Å². The van der Waals surface area contributed by atoms with Crippen molar-refractivity contribution in [2.75, 3.05) is 20.6 Å². The van der Waals surface area contributed by atoms with Crippen LogP contribution >= 0.6 is 0 Å². The number of unbranched alkanes of at least 4 members (excludes halogenated alkanes) is 5. The second kappa shape index (κ2) is 13.6. The summed E-state index contributed by atoms with van der Waals surface area (Å²) < 4.78 is 1.20. The quantitative estimate of drug-likeness (QED) is 0.211. The zero-order valence-electron chi connectivity index (χ0n) is 18.8. The first-order valence-corrected chi connectivity index (χ1v) is 11.5. The minimum Gasteiger partial charge on any atom is -1.00 e. The van der Waals surface area contributed by atoms with Crippen LogP contribution in [0.15, 0.2) is 24.3 Å². The van der Waals surface area contributed by atoms with E-state index in [9.17, 15) is 0 Å². The predicted molar refractivity (Wildman–Crippen MR) is 119 cm³/mol. The van der Waals surface area contributed by atoms with Crippen molar-refractivity contribution in [3.05, 3.63) is 35.4 Å². The van der Waals surface area contributed by atoms with Crippen LogP contribution in [0.3, 0.4) is 0 Å². The van der Waals surface area contributed by atoms with Gasteiger partial charge in [-0.3, -0.25) is 0 Å². The molecule has 2 rings (SSSR count). The highest BCUT2D eigenvalue weighted by molar-refractivity contribution is 5.37. The molecule has 0 saturated heterocycles. The van der Waals surface area contributed by atoms with E-state index in [0.29, 0.717) is 0 Å². The zero-order valence-corrected chi connectivity index (χ0v) is 20.9. The summed E-state index contributed by atoms with van der Waals surface area (Å²) in [4.78, 5) is 0. The summed E-state index contributed by atoms with van der Waals surface area (Å²) in [5.41, 5.74) is 2.71. The standard InChI is InChI=1S/C26H42N.HI/c1-5-7-8-9-10-11-12-13-23-14-16-24(17-15-23)25-18-20-26(21-19-25)27(3,4)22-6-2;/h14-17,25-26H,5-11,18-22H2,1-4H3;1H/q+1;/p-1. The van der Waals surface area contributed by atoms with Crippen LogP contribution in [0.2, 0.25) is 0 Å². The summed E-state index contributed by atoms with van der Waals surface area (Å²) in [5, 5.41) is 0. The van der Waals surface area contributed by atoms with Crippen molar-refractivity contribution in [2.24, 2.45) is 0 Å². The summed E-state index contributed by atoms with van der Waals surface area (Å²) in [6.45, 7) is 5.88. The Morgan fingerprint density at radius 2 is 1.50 bits per heavy atom. The molecule has 1 aliphatic rings. The molecule has 0 atom stereocenters. The molecular weight excluding hydrogens is 453 g/mol. The fourth-order valence-corrected chi connectivity index (χ4v) is 4.69. The van der Waals surface area contributed by atoms with E-state index >= 15 is 0 Å². The lowest BCUT2D eigenvalue weighted by Crippen LogP contribution is -3.00. The van der Waals surface area contributed by atoms with E-state index in [-0.39, 0.29) is 24.0 Å². The molecule has 1 aliphatic carbocycles. The van der Waals surface area contributed by atoms with E-state index in [0.717, 1.165) is 18.4 Å². The Kier molecular flexibility index (Phi) is 12.4. The molecule has 158 valence electrons. The van der Waals surface area contributed by atoms with Crippen molar-refractivity contribution in [3.8, 4) is 11.8 Å². The molecule has 0 unspecified atom stereocenters. The number of hydrogen-bond donors (Lipinski definition) is 0. The van der Waals surface area contributed by atoms with E-state index in [1.54, 1.807) is 0 Å². The second-order valence-electron chi connectivity index (χ2n) is 9.10. The highest BCUT2D eigenvalue weighted by atomic mass is 127. The molecule has 0 heterocycles. The second-order valence-corrected chi connectivity index (χ2v) is 9.10. The SMILES string of the molecule is CCCCCCCC#Cc1ccc(C2CCC([N+](C)(C)CCC)CC2)cc1.[I-]. The summed E-state index contributed by atoms with van der Waals surface area (Å²) in [7, 11) is 4.84. The lowest BCUT2D eigenvalue weighted by Gasteiger charge is -2.41. The molecule has 2 heteroatoms. The molecule has 1 fully saturated rings. The summed E-state index contributed by atoms with van der Waals surface area (Å²) in [5.74, 6) is 7.47. The molecule has 0 amide bonds. The molecule has 1 saturated carbocycles. The highest BCUT2D eigenvalue weighted by Gasteiger charge is 2.32. The molecule has 0 aliphatic heterocycles. The zero-order chi connectivity index (χ0) is 19.5. The number of halogens is 1. The molecule has 0 bridgehead atoms. The summed E-state index contributed by atoms with van der Waals surface area (Å²) >= 11 is 0. The van der Waals surface area contributed by atoms with Crippen molar-refractivity contribution < 1.29 is 28.5 Å². The van der Waals surface area contributed by atoms with Gasteiger partial charge in [-0.25, -0.2) is 0 Å². The van der Waals surface area contributed by atoms with Gasteiger partial charge < -0.3 is 28.5 Å². The lowest BCUT2D eigenvalue weighted by atomic mass is 9.80. The molecule has 0 N–H and O–H groups in total. The topological polar surface area (TPSA) is 0 Å². The largest absolute Gasteiger partial charge is 1.00 e. The van der Waals surface area contributed by atoms with Gasteiger partial charge in [0.1, 0.15) is 0 Å². The van der Waals surface area contributed by atoms with Crippen molar-refractivity contribution in [1.29, 1.82) is 0 Å². The minimum atomic E-state index is 0. The predicted octanol–water partition coefficient (Wildman–Crippen LogP) is 3.92. The third-order valence-corrected chi connectivity index (χ3v) is 6.51.